The quantitative estimate of drug-likeness (QED) is 0.0371. The van der Waals surface area contributed by atoms with Crippen LogP contribution in [0.3, 0.4) is 0 Å². The van der Waals surface area contributed by atoms with Crippen molar-refractivity contribution in [2.24, 2.45) is 20.5 Å². The predicted octanol–water partition coefficient (Wildman–Crippen LogP) is -12.4. The van der Waals surface area contributed by atoms with Crippen LogP contribution >= 0.6 is 11.3 Å². The summed E-state index contributed by atoms with van der Waals surface area (Å²) in [5, 5.41) is 58.6. The van der Waals surface area contributed by atoms with Crippen LogP contribution < -0.4 is 134 Å². The molecular formula is C48H26Li6N12O17S5. The van der Waals surface area contributed by atoms with E-state index in [1.165, 1.54) is 84.4 Å². The molecule has 5 aromatic carbocycles. The molecule has 3 aromatic heterocycles. The van der Waals surface area contributed by atoms with Crippen LogP contribution in [-0.2, 0) is 51.0 Å². The van der Waals surface area contributed by atoms with Crippen molar-refractivity contribution in [3.63, 3.8) is 0 Å². The van der Waals surface area contributed by atoms with Crippen molar-refractivity contribution in [3.8, 4) is 29.1 Å². The molecule has 3 heterocycles. The zero-order chi connectivity index (χ0) is 60.3. The minimum Gasteiger partial charge on any atom is -0.744 e. The molecule has 0 bridgehead atoms. The van der Waals surface area contributed by atoms with Gasteiger partial charge in [-0.15, -0.1) is 57.3 Å². The fraction of sp³-hybridized carbons (Fsp3) is 0.0208. The van der Waals surface area contributed by atoms with Gasteiger partial charge < -0.3 is 57.7 Å². The van der Waals surface area contributed by atoms with Gasteiger partial charge in [-0.05, 0) is 79.9 Å². The van der Waals surface area contributed by atoms with Crippen LogP contribution in [0.1, 0.15) is 37.4 Å². The number of amides is 1. The van der Waals surface area contributed by atoms with Crippen molar-refractivity contribution in [1.82, 2.24) is 14.5 Å². The normalized spacial score (nSPS) is 9.97. The van der Waals surface area contributed by atoms with Gasteiger partial charge >= 0.3 is 141 Å². The number of benzene rings is 5. The van der Waals surface area contributed by atoms with E-state index in [-0.39, 0.29) is 198 Å². The summed E-state index contributed by atoms with van der Waals surface area (Å²) in [5.74, 6) is -1.92. The van der Waals surface area contributed by atoms with Gasteiger partial charge in [0.15, 0.2) is 22.5 Å². The number of nitrogens with one attached hydrogen (secondary N) is 3. The number of nitrogens with zero attached hydrogens (tertiary/aromatic N) is 9. The number of carboxylic acids is 1. The SMILES string of the molecule is Cc1c(C#N)c(Nc2ccc(S(=O)(=O)[O-])cc2)nc(Nc2ccc(S(=O)(=O)[O-])cc2)c1N=Nc1nc(-c2ccc(NC(=O)c3c[c-]c[c-]c3)cc2)c(N=Nc2c(C#N)ccn2-c2c[c-]cc(C(=O)[O-])c2)s1.O=C=O.O=S(=O)=O.O=S(=O)=O.[Li+].[Li+].[Li+].[Li+].[Li+].[Li+]. The molecule has 40 heteroatoms. The molecule has 0 spiro atoms. The maximum atomic E-state index is 12.9. The number of hydrogen-bond acceptors (Lipinski definition) is 28. The molecule has 8 rings (SSSR count). The summed E-state index contributed by atoms with van der Waals surface area (Å²) in [6.07, 6.45) is 1.75. The van der Waals surface area contributed by atoms with E-state index in [4.69, 9.17) is 39.8 Å². The van der Waals surface area contributed by atoms with E-state index in [0.717, 1.165) is 35.6 Å². The Labute approximate surface area is 578 Å². The number of rotatable bonds is 15. The number of nitriles is 2. The number of pyridine rings is 1. The van der Waals surface area contributed by atoms with Crippen LogP contribution in [0, 0.1) is 47.8 Å². The number of hydrogen-bond donors (Lipinski definition) is 3. The smallest absolute Gasteiger partial charge is 0.744 e. The molecule has 0 aliphatic heterocycles. The minimum atomic E-state index is -4.80. The van der Waals surface area contributed by atoms with Crippen molar-refractivity contribution < 1.29 is 189 Å². The molecule has 0 unspecified atom stereocenters. The van der Waals surface area contributed by atoms with Gasteiger partial charge in [0.1, 0.15) is 49.7 Å². The van der Waals surface area contributed by atoms with E-state index in [2.05, 4.69) is 65.7 Å². The van der Waals surface area contributed by atoms with Crippen LogP contribution in [0.4, 0.5) is 50.3 Å². The van der Waals surface area contributed by atoms with E-state index in [0.29, 0.717) is 16.8 Å². The van der Waals surface area contributed by atoms with E-state index in [9.17, 15) is 51.2 Å². The average Bonchev–Trinajstić information content (AvgIpc) is 1.80. The molecule has 0 radical (unpaired) electrons. The molecule has 1 amide bonds. The van der Waals surface area contributed by atoms with Crippen molar-refractivity contribution >= 4 is 121 Å². The first-order valence-electron chi connectivity index (χ1n) is 21.5. The van der Waals surface area contributed by atoms with Crippen LogP contribution in [-0.4, -0.2) is 83.8 Å². The first-order valence-corrected chi connectivity index (χ1v) is 27.1. The Balaban J connectivity index is 0. The van der Waals surface area contributed by atoms with Crippen molar-refractivity contribution in [3.05, 3.63) is 167 Å². The molecule has 0 atom stereocenters. The fourth-order valence-electron chi connectivity index (χ4n) is 6.54. The zero-order valence-corrected chi connectivity index (χ0v) is 50.6. The third kappa shape index (κ3) is 24.5. The molecule has 0 aliphatic carbocycles. The summed E-state index contributed by atoms with van der Waals surface area (Å²) in [6.45, 7) is 1.54. The molecule has 8 aromatic rings. The number of carbonyl (C=O) groups excluding carboxylic acids is 4. The zero-order valence-electron chi connectivity index (χ0n) is 46.6. The number of thiazole rings is 1. The summed E-state index contributed by atoms with van der Waals surface area (Å²) < 4.78 is 122. The van der Waals surface area contributed by atoms with Crippen molar-refractivity contribution in [2.45, 2.75) is 16.7 Å². The van der Waals surface area contributed by atoms with Crippen LogP contribution in [0.15, 0.2) is 152 Å². The standard InChI is InChI=1S/C47H29N12O9S3.CO2.6Li.2O3S/c1-27-38(26-49)41(50-32-14-18-36(19-15-32)70(63,64)65)54-42(51-33-16-20-37(21-17-33)71(66,67)68)39(27)55-58-47-53-40(28-10-12-34(13-11-28)52-44(60)29-6-3-2-4-7-29)45(69-47)57-56-43-31(25-48)22-23-59(43)35-9-5-8-30(24-35)46(61)62;2-1-3;;;;;;;2*1-4(2)3/h2,6-24H,1H3,(H,52,60)(H,61,62)(H2,50,51,54)(H,63,64,65)(H,66,67,68);;;;;;;;;/q-3;;6*+1;;/p-3. The van der Waals surface area contributed by atoms with Gasteiger partial charge in [0, 0.05) is 34.2 Å². The van der Waals surface area contributed by atoms with Gasteiger partial charge in [-0.3, -0.25) is 16.9 Å². The van der Waals surface area contributed by atoms with Crippen LogP contribution in [0.2, 0.25) is 0 Å². The van der Waals surface area contributed by atoms with E-state index in [1.807, 2.05) is 6.07 Å². The second-order valence-electron chi connectivity index (χ2n) is 15.1. The maximum Gasteiger partial charge on any atom is 1.00 e. The van der Waals surface area contributed by atoms with Gasteiger partial charge in [-0.1, -0.05) is 29.2 Å². The summed E-state index contributed by atoms with van der Waals surface area (Å²) in [7, 11) is -15.8. The second-order valence-corrected chi connectivity index (χ2v) is 19.6. The first-order chi connectivity index (χ1) is 38.9. The van der Waals surface area contributed by atoms with Gasteiger partial charge in [0.25, 0.3) is 0 Å². The number of anilines is 5. The summed E-state index contributed by atoms with van der Waals surface area (Å²) in [4.78, 5) is 49.0. The monoisotopic (exact) mass is 1240 g/mol. The molecular weight excluding hydrogens is 1220 g/mol. The van der Waals surface area contributed by atoms with Gasteiger partial charge in [0.05, 0.1) is 20.9 Å². The maximum absolute atomic E-state index is 12.9. The molecule has 88 heavy (non-hydrogen) atoms. The third-order valence-corrected chi connectivity index (χ3v) is 12.5. The Kier molecular flexibility index (Phi) is 36.8. The van der Waals surface area contributed by atoms with Crippen LogP contribution in [0.25, 0.3) is 16.9 Å². The average molecular weight is 1240 g/mol. The summed E-state index contributed by atoms with van der Waals surface area (Å²) >= 11 is 0.904. The first kappa shape index (κ1) is 83.0. The number of aromatic carboxylic acids is 1. The molecule has 0 saturated carbocycles. The molecule has 3 N–H and O–H groups in total. The van der Waals surface area contributed by atoms with Crippen molar-refractivity contribution in [2.75, 3.05) is 16.0 Å². The number of azo groups is 2. The van der Waals surface area contributed by atoms with E-state index < -0.39 is 63.1 Å². The van der Waals surface area contributed by atoms with Crippen LogP contribution in [0.5, 0.6) is 0 Å². The fourth-order valence-corrected chi connectivity index (χ4v) is 8.21. The van der Waals surface area contributed by atoms with Gasteiger partial charge in [-0.2, -0.15) is 43.9 Å². The Bertz CT molecular complexity index is 4360. The van der Waals surface area contributed by atoms with E-state index >= 15 is 0 Å². The number of carboxylic acid groups (broad SMARTS) is 1. The minimum absolute atomic E-state index is 0. The molecule has 416 valence electrons. The number of aromatic nitrogens is 3. The van der Waals surface area contributed by atoms with Gasteiger partial charge in [0.2, 0.25) is 5.13 Å². The Morgan fingerprint density at radius 2 is 1.14 bits per heavy atom. The van der Waals surface area contributed by atoms with E-state index in [1.54, 1.807) is 24.3 Å². The predicted molar refractivity (Wildman–Crippen MR) is 275 cm³/mol. The molecule has 0 aliphatic rings. The second kappa shape index (κ2) is 39.0. The summed E-state index contributed by atoms with van der Waals surface area (Å²) in [5.41, 5.74) is 2.26. The van der Waals surface area contributed by atoms with Crippen molar-refractivity contribution in [1.29, 1.82) is 10.5 Å². The Morgan fingerprint density at radius 1 is 0.648 bits per heavy atom. The summed E-state index contributed by atoms with van der Waals surface area (Å²) in [6, 6.07) is 38.5. The largest absolute Gasteiger partial charge is 1.00 e. The third-order valence-electron chi connectivity index (χ3n) is 10.00. The molecule has 0 saturated heterocycles. The Hall–Kier alpha value is -7.10. The van der Waals surface area contributed by atoms with Gasteiger partial charge in [-0.25, -0.2) is 26.8 Å². The number of carbonyl (C=O) groups is 2. The molecule has 29 nitrogen and oxygen atoms in total. The topological polar surface area (TPSA) is 472 Å². The Morgan fingerprint density at radius 3 is 1.61 bits per heavy atom. The molecule has 0 fully saturated rings.